The lowest BCUT2D eigenvalue weighted by atomic mass is 10.0. The van der Waals surface area contributed by atoms with Crippen molar-refractivity contribution in [2.45, 2.75) is 29.8 Å². The molecule has 1 unspecified atom stereocenters. The van der Waals surface area contributed by atoms with E-state index in [4.69, 9.17) is 0 Å². The quantitative estimate of drug-likeness (QED) is 0.841. The molecule has 2 fully saturated rings. The van der Waals surface area contributed by atoms with Gasteiger partial charge in [0.05, 0.1) is 10.9 Å². The highest BCUT2D eigenvalue weighted by atomic mass is 32.2. The van der Waals surface area contributed by atoms with Gasteiger partial charge in [-0.1, -0.05) is 36.4 Å². The van der Waals surface area contributed by atoms with E-state index in [1.807, 2.05) is 30.3 Å². The van der Waals surface area contributed by atoms with E-state index >= 15 is 0 Å². The number of nitrogens with zero attached hydrogens (tertiary/aromatic N) is 2. The molecule has 0 spiro atoms. The van der Waals surface area contributed by atoms with Crippen molar-refractivity contribution in [1.29, 1.82) is 0 Å². The summed E-state index contributed by atoms with van der Waals surface area (Å²) < 4.78 is 41.4. The standard InChI is InChI=1S/C19H21FN2O2S/c20-16-7-4-8-18(13-16)25(23,24)22-12-11-21(17-9-10-17)14-19(22)15-5-2-1-3-6-15/h1-8,13,17,19H,9-12,14H2. The fraction of sp³-hybridized carbons (Fsp3) is 0.368. The highest BCUT2D eigenvalue weighted by Crippen LogP contribution is 2.36. The van der Waals surface area contributed by atoms with E-state index in [2.05, 4.69) is 4.90 Å². The first-order valence-corrected chi connectivity index (χ1v) is 10.1. The van der Waals surface area contributed by atoms with E-state index < -0.39 is 15.8 Å². The van der Waals surface area contributed by atoms with Crippen LogP contribution < -0.4 is 0 Å². The number of halogens is 1. The van der Waals surface area contributed by atoms with Gasteiger partial charge in [0.1, 0.15) is 5.82 Å². The molecule has 0 aromatic heterocycles. The van der Waals surface area contributed by atoms with Crippen LogP contribution in [0.15, 0.2) is 59.5 Å². The van der Waals surface area contributed by atoms with Crippen LogP contribution in [0, 0.1) is 5.82 Å². The molecule has 1 saturated carbocycles. The lowest BCUT2D eigenvalue weighted by molar-refractivity contribution is 0.128. The molecule has 132 valence electrons. The molecular formula is C19H21FN2O2S. The molecule has 4 nitrogen and oxygen atoms in total. The second-order valence-electron chi connectivity index (χ2n) is 6.73. The third-order valence-electron chi connectivity index (χ3n) is 5.01. The Morgan fingerprint density at radius 2 is 1.72 bits per heavy atom. The second kappa shape index (κ2) is 6.52. The number of piperazine rings is 1. The zero-order chi connectivity index (χ0) is 17.4. The topological polar surface area (TPSA) is 40.6 Å². The SMILES string of the molecule is O=S(=O)(c1cccc(F)c1)N1CCN(C2CC2)CC1c1ccccc1. The molecule has 0 amide bonds. The first-order valence-electron chi connectivity index (χ1n) is 8.62. The molecule has 1 aliphatic carbocycles. The first kappa shape index (κ1) is 16.7. The van der Waals surface area contributed by atoms with Gasteiger partial charge in [0.25, 0.3) is 0 Å². The lowest BCUT2D eigenvalue weighted by Crippen LogP contribution is -2.51. The summed E-state index contributed by atoms with van der Waals surface area (Å²) in [5.74, 6) is -0.533. The highest BCUT2D eigenvalue weighted by Gasteiger charge is 2.41. The summed E-state index contributed by atoms with van der Waals surface area (Å²) in [5.41, 5.74) is 0.979. The van der Waals surface area contributed by atoms with Crippen LogP contribution in [0.25, 0.3) is 0 Å². The molecule has 0 bridgehead atoms. The Morgan fingerprint density at radius 1 is 0.960 bits per heavy atom. The fourth-order valence-electron chi connectivity index (χ4n) is 3.56. The van der Waals surface area contributed by atoms with Crippen molar-refractivity contribution in [1.82, 2.24) is 9.21 Å². The van der Waals surface area contributed by atoms with Gasteiger partial charge >= 0.3 is 0 Å². The fourth-order valence-corrected chi connectivity index (χ4v) is 5.18. The van der Waals surface area contributed by atoms with Gasteiger partial charge in [-0.25, -0.2) is 12.8 Å². The van der Waals surface area contributed by atoms with E-state index in [9.17, 15) is 12.8 Å². The van der Waals surface area contributed by atoms with Crippen molar-refractivity contribution in [3.8, 4) is 0 Å². The maximum absolute atomic E-state index is 13.6. The minimum Gasteiger partial charge on any atom is -0.297 e. The number of sulfonamides is 1. The third-order valence-corrected chi connectivity index (χ3v) is 6.92. The van der Waals surface area contributed by atoms with Crippen molar-refractivity contribution in [2.24, 2.45) is 0 Å². The summed E-state index contributed by atoms with van der Waals surface area (Å²) in [7, 11) is -3.74. The smallest absolute Gasteiger partial charge is 0.243 e. The zero-order valence-corrected chi connectivity index (χ0v) is 14.7. The molecule has 2 aliphatic rings. The van der Waals surface area contributed by atoms with Crippen LogP contribution in [0.1, 0.15) is 24.4 Å². The molecule has 4 rings (SSSR count). The number of hydrogen-bond donors (Lipinski definition) is 0. The summed E-state index contributed by atoms with van der Waals surface area (Å²) >= 11 is 0. The van der Waals surface area contributed by atoms with E-state index in [-0.39, 0.29) is 10.9 Å². The minimum atomic E-state index is -3.74. The van der Waals surface area contributed by atoms with Gasteiger partial charge in [0.15, 0.2) is 0 Å². The summed E-state index contributed by atoms with van der Waals surface area (Å²) in [6.07, 6.45) is 2.39. The molecule has 1 heterocycles. The average Bonchev–Trinajstić information content (AvgIpc) is 3.47. The molecule has 1 aliphatic heterocycles. The maximum Gasteiger partial charge on any atom is 0.243 e. The monoisotopic (exact) mass is 360 g/mol. The summed E-state index contributed by atoms with van der Waals surface area (Å²) in [5, 5.41) is 0. The Kier molecular flexibility index (Phi) is 4.35. The molecule has 1 atom stereocenters. The molecule has 6 heteroatoms. The van der Waals surface area contributed by atoms with Crippen LogP contribution in [-0.2, 0) is 10.0 Å². The van der Waals surface area contributed by atoms with E-state index in [0.29, 0.717) is 19.1 Å². The van der Waals surface area contributed by atoms with Gasteiger partial charge in [0.2, 0.25) is 10.0 Å². The van der Waals surface area contributed by atoms with E-state index in [1.165, 1.54) is 35.3 Å². The first-order chi connectivity index (χ1) is 12.1. The van der Waals surface area contributed by atoms with Crippen molar-refractivity contribution in [3.63, 3.8) is 0 Å². The minimum absolute atomic E-state index is 0.0216. The Hall–Kier alpha value is -1.76. The Morgan fingerprint density at radius 3 is 2.40 bits per heavy atom. The average molecular weight is 360 g/mol. The highest BCUT2D eigenvalue weighted by molar-refractivity contribution is 7.89. The predicted molar refractivity (Wildman–Crippen MR) is 94.1 cm³/mol. The third kappa shape index (κ3) is 3.34. The van der Waals surface area contributed by atoms with Crippen LogP contribution in [0.3, 0.4) is 0 Å². The van der Waals surface area contributed by atoms with Crippen LogP contribution in [0.4, 0.5) is 4.39 Å². The predicted octanol–water partition coefficient (Wildman–Crippen LogP) is 3.04. The number of hydrogen-bond acceptors (Lipinski definition) is 3. The number of benzene rings is 2. The van der Waals surface area contributed by atoms with Crippen molar-refractivity contribution in [3.05, 3.63) is 66.0 Å². The van der Waals surface area contributed by atoms with E-state index in [1.54, 1.807) is 0 Å². The summed E-state index contributed by atoms with van der Waals surface area (Å²) in [4.78, 5) is 2.41. The molecule has 2 aromatic rings. The second-order valence-corrected chi connectivity index (χ2v) is 8.62. The normalized spacial score (nSPS) is 22.8. The zero-order valence-electron chi connectivity index (χ0n) is 13.9. The van der Waals surface area contributed by atoms with E-state index in [0.717, 1.165) is 18.2 Å². The van der Waals surface area contributed by atoms with Gasteiger partial charge in [0, 0.05) is 25.7 Å². The maximum atomic E-state index is 13.6. The summed E-state index contributed by atoms with van der Waals surface area (Å²) in [6, 6.07) is 15.3. The van der Waals surface area contributed by atoms with Crippen LogP contribution in [0.2, 0.25) is 0 Å². The largest absolute Gasteiger partial charge is 0.297 e. The molecule has 1 saturated heterocycles. The molecule has 2 aromatic carbocycles. The van der Waals surface area contributed by atoms with Crippen LogP contribution >= 0.6 is 0 Å². The van der Waals surface area contributed by atoms with Crippen LogP contribution in [0.5, 0.6) is 0 Å². The lowest BCUT2D eigenvalue weighted by Gasteiger charge is -2.41. The Balaban J connectivity index is 1.70. The summed E-state index contributed by atoms with van der Waals surface area (Å²) in [6.45, 7) is 1.83. The Labute approximate surface area is 147 Å². The Bertz CT molecular complexity index is 853. The van der Waals surface area contributed by atoms with Crippen LogP contribution in [-0.4, -0.2) is 43.3 Å². The van der Waals surface area contributed by atoms with Crippen molar-refractivity contribution in [2.75, 3.05) is 19.6 Å². The van der Waals surface area contributed by atoms with Gasteiger partial charge in [-0.05, 0) is 36.6 Å². The van der Waals surface area contributed by atoms with Gasteiger partial charge in [-0.3, -0.25) is 4.90 Å². The molecule has 0 radical (unpaired) electrons. The molecular weight excluding hydrogens is 339 g/mol. The number of rotatable bonds is 4. The molecule has 25 heavy (non-hydrogen) atoms. The van der Waals surface area contributed by atoms with Gasteiger partial charge < -0.3 is 0 Å². The molecule has 0 N–H and O–H groups in total. The van der Waals surface area contributed by atoms with Gasteiger partial charge in [-0.15, -0.1) is 0 Å². The van der Waals surface area contributed by atoms with Gasteiger partial charge in [-0.2, -0.15) is 4.31 Å². The van der Waals surface area contributed by atoms with Crippen molar-refractivity contribution < 1.29 is 12.8 Å². The van der Waals surface area contributed by atoms with Crippen molar-refractivity contribution >= 4 is 10.0 Å².